The molecule has 1 saturated carbocycles. The molecule has 0 spiro atoms. The van der Waals surface area contributed by atoms with Crippen molar-refractivity contribution in [1.82, 2.24) is 15.5 Å². The van der Waals surface area contributed by atoms with Gasteiger partial charge >= 0.3 is 0 Å². The van der Waals surface area contributed by atoms with Crippen LogP contribution < -0.4 is 10.0 Å². The molecule has 1 aromatic heterocycles. The summed E-state index contributed by atoms with van der Waals surface area (Å²) < 4.78 is 26.5. The number of nitrogens with one attached hydrogen (secondary N) is 3. The second-order valence-corrected chi connectivity index (χ2v) is 6.53. The quantitative estimate of drug-likeness (QED) is 0.752. The largest absolute Gasteiger partial charge is 0.310 e. The van der Waals surface area contributed by atoms with E-state index in [-0.39, 0.29) is 5.03 Å². The van der Waals surface area contributed by atoms with Crippen molar-refractivity contribution < 1.29 is 8.42 Å². The molecular weight excluding hydrogens is 276 g/mol. The second-order valence-electron chi connectivity index (χ2n) is 4.88. The van der Waals surface area contributed by atoms with Crippen LogP contribution in [0.2, 0.25) is 0 Å². The van der Waals surface area contributed by atoms with E-state index < -0.39 is 10.0 Å². The molecule has 1 aliphatic rings. The highest BCUT2D eigenvalue weighted by Crippen LogP contribution is 2.20. The topological polar surface area (TPSA) is 86.9 Å². The normalized spacial score (nSPS) is 15.2. The van der Waals surface area contributed by atoms with Gasteiger partial charge in [0.15, 0.2) is 5.03 Å². The minimum Gasteiger partial charge on any atom is -0.310 e. The molecule has 0 unspecified atom stereocenters. The van der Waals surface area contributed by atoms with Crippen LogP contribution in [0.1, 0.15) is 18.4 Å². The van der Waals surface area contributed by atoms with Crippen LogP contribution in [0.4, 0.5) is 5.69 Å². The molecule has 1 fully saturated rings. The van der Waals surface area contributed by atoms with E-state index in [0.29, 0.717) is 11.7 Å². The molecule has 3 rings (SSSR count). The second kappa shape index (κ2) is 5.26. The maximum absolute atomic E-state index is 12.0. The van der Waals surface area contributed by atoms with Crippen molar-refractivity contribution in [2.45, 2.75) is 30.5 Å². The molecule has 1 heterocycles. The number of hydrogen-bond acceptors (Lipinski definition) is 4. The molecule has 0 atom stereocenters. The first-order valence-corrected chi connectivity index (χ1v) is 7.96. The minimum absolute atomic E-state index is 0.0528. The summed E-state index contributed by atoms with van der Waals surface area (Å²) in [5.41, 5.74) is 1.68. The highest BCUT2D eigenvalue weighted by atomic mass is 32.2. The molecule has 0 amide bonds. The Kier molecular flexibility index (Phi) is 3.45. The molecule has 1 aliphatic carbocycles. The monoisotopic (exact) mass is 292 g/mol. The lowest BCUT2D eigenvalue weighted by Crippen LogP contribution is -2.15. The summed E-state index contributed by atoms with van der Waals surface area (Å²) in [6, 6.07) is 9.43. The van der Waals surface area contributed by atoms with Crippen molar-refractivity contribution in [2.75, 3.05) is 4.72 Å². The number of nitrogens with zero attached hydrogens (tertiary/aromatic N) is 1. The lowest BCUT2D eigenvalue weighted by atomic mass is 10.2. The standard InChI is InChI=1S/C13H16N4O2S/c18-20(19,13-7-8-15-16-13)17-12-3-1-10(2-4-12)9-14-11-5-6-11/h1-4,7-8,11,14,17H,5-6,9H2,(H,15,16). The van der Waals surface area contributed by atoms with Crippen molar-refractivity contribution in [3.8, 4) is 0 Å². The van der Waals surface area contributed by atoms with Crippen molar-refractivity contribution >= 4 is 15.7 Å². The molecule has 106 valence electrons. The van der Waals surface area contributed by atoms with E-state index in [9.17, 15) is 8.42 Å². The molecule has 20 heavy (non-hydrogen) atoms. The van der Waals surface area contributed by atoms with E-state index in [4.69, 9.17) is 0 Å². The molecule has 0 radical (unpaired) electrons. The molecule has 2 aromatic rings. The van der Waals surface area contributed by atoms with Crippen LogP contribution in [-0.4, -0.2) is 24.7 Å². The van der Waals surface area contributed by atoms with Crippen LogP contribution in [0.5, 0.6) is 0 Å². The number of aromatic nitrogens is 2. The Balaban J connectivity index is 1.65. The van der Waals surface area contributed by atoms with Crippen LogP contribution in [0.15, 0.2) is 41.6 Å². The van der Waals surface area contributed by atoms with E-state index in [0.717, 1.165) is 12.1 Å². The fourth-order valence-electron chi connectivity index (χ4n) is 1.84. The van der Waals surface area contributed by atoms with E-state index >= 15 is 0 Å². The smallest absolute Gasteiger partial charge is 0.278 e. The Morgan fingerprint density at radius 3 is 2.55 bits per heavy atom. The number of aromatic amines is 1. The summed E-state index contributed by atoms with van der Waals surface area (Å²) >= 11 is 0. The van der Waals surface area contributed by atoms with Gasteiger partial charge in [-0.2, -0.15) is 13.5 Å². The van der Waals surface area contributed by atoms with Crippen LogP contribution in [0.25, 0.3) is 0 Å². The SMILES string of the molecule is O=S(=O)(Nc1ccc(CNC2CC2)cc1)c1ccn[nH]1. The minimum atomic E-state index is -3.58. The summed E-state index contributed by atoms with van der Waals surface area (Å²) in [5.74, 6) is 0. The first-order chi connectivity index (χ1) is 9.63. The fraction of sp³-hybridized carbons (Fsp3) is 0.308. The molecule has 0 bridgehead atoms. The Morgan fingerprint density at radius 1 is 1.20 bits per heavy atom. The van der Waals surface area contributed by atoms with Gasteiger partial charge in [-0.3, -0.25) is 9.82 Å². The number of hydrogen-bond donors (Lipinski definition) is 3. The number of anilines is 1. The molecule has 3 N–H and O–H groups in total. The summed E-state index contributed by atoms with van der Waals surface area (Å²) in [4.78, 5) is 0. The number of H-pyrrole nitrogens is 1. The third-order valence-corrected chi connectivity index (χ3v) is 4.45. The van der Waals surface area contributed by atoms with Crippen LogP contribution >= 0.6 is 0 Å². The molecule has 6 nitrogen and oxygen atoms in total. The highest BCUT2D eigenvalue weighted by molar-refractivity contribution is 7.92. The number of sulfonamides is 1. The Morgan fingerprint density at radius 2 is 1.95 bits per heavy atom. The van der Waals surface area contributed by atoms with Crippen LogP contribution in [0, 0.1) is 0 Å². The van der Waals surface area contributed by atoms with Crippen molar-refractivity contribution in [3.63, 3.8) is 0 Å². The van der Waals surface area contributed by atoms with Gasteiger partial charge in [0.25, 0.3) is 10.0 Å². The fourth-order valence-corrected chi connectivity index (χ4v) is 2.81. The third-order valence-electron chi connectivity index (χ3n) is 3.14. The zero-order chi connectivity index (χ0) is 14.0. The lowest BCUT2D eigenvalue weighted by Gasteiger charge is -2.07. The average molecular weight is 292 g/mol. The van der Waals surface area contributed by atoms with Gasteiger partial charge in [0, 0.05) is 18.3 Å². The van der Waals surface area contributed by atoms with Gasteiger partial charge < -0.3 is 5.32 Å². The average Bonchev–Trinajstić information content (AvgIpc) is 3.08. The van der Waals surface area contributed by atoms with Gasteiger partial charge in [0.1, 0.15) is 0 Å². The number of benzene rings is 1. The number of rotatable bonds is 6. The molecule has 1 aromatic carbocycles. The van der Waals surface area contributed by atoms with Gasteiger partial charge in [-0.15, -0.1) is 0 Å². The van der Waals surface area contributed by atoms with E-state index in [1.807, 2.05) is 12.1 Å². The van der Waals surface area contributed by atoms with Gasteiger partial charge in [0.05, 0.1) is 6.20 Å². The first-order valence-electron chi connectivity index (χ1n) is 6.48. The Hall–Kier alpha value is -1.86. The molecule has 0 aliphatic heterocycles. The van der Waals surface area contributed by atoms with Gasteiger partial charge in [-0.25, -0.2) is 0 Å². The zero-order valence-corrected chi connectivity index (χ0v) is 11.7. The summed E-state index contributed by atoms with van der Waals surface area (Å²) in [6.45, 7) is 0.818. The lowest BCUT2D eigenvalue weighted by molar-refractivity contribution is 0.597. The Bertz CT molecular complexity index is 661. The van der Waals surface area contributed by atoms with E-state index in [1.54, 1.807) is 12.1 Å². The van der Waals surface area contributed by atoms with Gasteiger partial charge in [-0.05, 0) is 36.6 Å². The summed E-state index contributed by atoms with van der Waals surface area (Å²) in [7, 11) is -3.58. The predicted octanol–water partition coefficient (Wildman–Crippen LogP) is 1.46. The van der Waals surface area contributed by atoms with E-state index in [1.165, 1.54) is 25.1 Å². The van der Waals surface area contributed by atoms with Crippen molar-refractivity contribution in [2.24, 2.45) is 0 Å². The van der Waals surface area contributed by atoms with Gasteiger partial charge in [-0.1, -0.05) is 12.1 Å². The third kappa shape index (κ3) is 3.17. The van der Waals surface area contributed by atoms with Crippen LogP contribution in [0.3, 0.4) is 0 Å². The van der Waals surface area contributed by atoms with Crippen molar-refractivity contribution in [3.05, 3.63) is 42.1 Å². The predicted molar refractivity (Wildman–Crippen MR) is 75.7 cm³/mol. The van der Waals surface area contributed by atoms with Crippen LogP contribution in [-0.2, 0) is 16.6 Å². The van der Waals surface area contributed by atoms with E-state index in [2.05, 4.69) is 20.2 Å². The van der Waals surface area contributed by atoms with Gasteiger partial charge in [0.2, 0.25) is 0 Å². The highest BCUT2D eigenvalue weighted by Gasteiger charge is 2.20. The first kappa shape index (κ1) is 13.1. The maximum Gasteiger partial charge on any atom is 0.278 e. The summed E-state index contributed by atoms with van der Waals surface area (Å²) in [6.07, 6.45) is 3.91. The zero-order valence-electron chi connectivity index (χ0n) is 10.8. The van der Waals surface area contributed by atoms with Crippen molar-refractivity contribution in [1.29, 1.82) is 0 Å². The summed E-state index contributed by atoms with van der Waals surface area (Å²) in [5, 5.41) is 9.54. The molecular formula is C13H16N4O2S. The molecule has 7 heteroatoms. The molecule has 0 saturated heterocycles. The maximum atomic E-state index is 12.0. The Labute approximate surface area is 117 Å².